The van der Waals surface area contributed by atoms with E-state index in [1.807, 2.05) is 11.9 Å². The zero-order valence-electron chi connectivity index (χ0n) is 15.7. The maximum Gasteiger partial charge on any atom is 0.419 e. The van der Waals surface area contributed by atoms with Crippen LogP contribution < -0.4 is 0 Å². The Morgan fingerprint density at radius 2 is 1.85 bits per heavy atom. The van der Waals surface area contributed by atoms with Crippen molar-refractivity contribution >= 4 is 5.91 Å². The molecular weight excluding hydrogens is 362 g/mol. The Bertz CT molecular complexity index is 709. The van der Waals surface area contributed by atoms with E-state index in [2.05, 4.69) is 4.90 Å². The summed E-state index contributed by atoms with van der Waals surface area (Å²) >= 11 is 0. The number of amides is 1. The third kappa shape index (κ3) is 4.11. The molecular formula is C19H25F4N3O. The maximum absolute atomic E-state index is 13.9. The van der Waals surface area contributed by atoms with E-state index in [0.29, 0.717) is 39.0 Å². The van der Waals surface area contributed by atoms with Gasteiger partial charge in [0.05, 0.1) is 5.56 Å². The number of piperazine rings is 1. The lowest BCUT2D eigenvalue weighted by Crippen LogP contribution is -2.60. The van der Waals surface area contributed by atoms with Gasteiger partial charge in [-0.05, 0) is 31.5 Å². The van der Waals surface area contributed by atoms with Crippen LogP contribution in [0.4, 0.5) is 17.6 Å². The number of carbonyl (C=O) groups is 1. The first-order valence-electron chi connectivity index (χ1n) is 9.14. The molecule has 2 saturated heterocycles. The van der Waals surface area contributed by atoms with Crippen LogP contribution in [-0.4, -0.2) is 66.4 Å². The normalized spacial score (nSPS) is 25.9. The average molecular weight is 387 g/mol. The summed E-state index contributed by atoms with van der Waals surface area (Å²) in [6.07, 6.45) is -2.83. The molecule has 1 amide bonds. The van der Waals surface area contributed by atoms with E-state index in [1.165, 1.54) is 12.1 Å². The van der Waals surface area contributed by atoms with Crippen LogP contribution in [0, 0.1) is 5.82 Å². The second-order valence-corrected chi connectivity index (χ2v) is 7.69. The summed E-state index contributed by atoms with van der Waals surface area (Å²) in [6, 6.07) is 3.52. The van der Waals surface area contributed by atoms with E-state index in [-0.39, 0.29) is 23.6 Å². The van der Waals surface area contributed by atoms with Crippen molar-refractivity contribution < 1.29 is 22.4 Å². The second-order valence-electron chi connectivity index (χ2n) is 7.69. The molecule has 0 radical (unpaired) electrons. The SMILES string of the molecule is CN1CC[C@]2(CCC1=O)CN(Cc1cccc(F)c1C(F)(F)F)CCN2C. The lowest BCUT2D eigenvalue weighted by atomic mass is 9.86. The Balaban J connectivity index is 1.82. The fourth-order valence-electron chi connectivity index (χ4n) is 4.23. The van der Waals surface area contributed by atoms with E-state index in [0.717, 1.165) is 12.5 Å². The Labute approximate surface area is 156 Å². The van der Waals surface area contributed by atoms with Gasteiger partial charge in [-0.15, -0.1) is 0 Å². The molecule has 2 aliphatic heterocycles. The highest BCUT2D eigenvalue weighted by Crippen LogP contribution is 2.36. The van der Waals surface area contributed by atoms with Crippen LogP contribution in [0.15, 0.2) is 18.2 Å². The average Bonchev–Trinajstić information content (AvgIpc) is 2.72. The van der Waals surface area contributed by atoms with Crippen molar-refractivity contribution in [3.63, 3.8) is 0 Å². The molecule has 2 aliphatic rings. The summed E-state index contributed by atoms with van der Waals surface area (Å²) in [5, 5.41) is 0. The summed E-state index contributed by atoms with van der Waals surface area (Å²) in [4.78, 5) is 17.9. The number of nitrogens with zero attached hydrogens (tertiary/aromatic N) is 3. The van der Waals surface area contributed by atoms with Crippen molar-refractivity contribution in [3.05, 3.63) is 35.1 Å². The van der Waals surface area contributed by atoms with Crippen molar-refractivity contribution in [2.45, 2.75) is 37.5 Å². The number of alkyl halides is 3. The molecule has 1 spiro atoms. The van der Waals surface area contributed by atoms with Crippen LogP contribution in [0.3, 0.4) is 0 Å². The monoisotopic (exact) mass is 387 g/mol. The topological polar surface area (TPSA) is 26.8 Å². The molecule has 3 rings (SSSR count). The molecule has 1 atom stereocenters. The van der Waals surface area contributed by atoms with Gasteiger partial charge in [-0.25, -0.2) is 4.39 Å². The molecule has 27 heavy (non-hydrogen) atoms. The van der Waals surface area contributed by atoms with Gasteiger partial charge < -0.3 is 4.90 Å². The molecule has 0 bridgehead atoms. The predicted molar refractivity (Wildman–Crippen MR) is 93.5 cm³/mol. The number of halogens is 4. The van der Waals surface area contributed by atoms with Crippen molar-refractivity contribution in [2.24, 2.45) is 0 Å². The number of likely N-dealkylation sites (tertiary alicyclic amines) is 1. The minimum atomic E-state index is -4.72. The van der Waals surface area contributed by atoms with Gasteiger partial charge in [0.1, 0.15) is 5.82 Å². The van der Waals surface area contributed by atoms with Crippen LogP contribution in [0.25, 0.3) is 0 Å². The number of hydrogen-bond acceptors (Lipinski definition) is 3. The van der Waals surface area contributed by atoms with Crippen molar-refractivity contribution in [1.29, 1.82) is 0 Å². The molecule has 0 aromatic heterocycles. The van der Waals surface area contributed by atoms with Crippen LogP contribution in [-0.2, 0) is 17.5 Å². The number of benzene rings is 1. The highest BCUT2D eigenvalue weighted by atomic mass is 19.4. The number of carbonyl (C=O) groups excluding carboxylic acids is 1. The zero-order chi connectivity index (χ0) is 19.8. The first-order chi connectivity index (χ1) is 12.6. The summed E-state index contributed by atoms with van der Waals surface area (Å²) in [6.45, 7) is 2.56. The molecule has 150 valence electrons. The van der Waals surface area contributed by atoms with E-state index >= 15 is 0 Å². The van der Waals surface area contributed by atoms with Gasteiger partial charge in [0.15, 0.2) is 0 Å². The van der Waals surface area contributed by atoms with Crippen LogP contribution in [0.1, 0.15) is 30.4 Å². The van der Waals surface area contributed by atoms with Crippen LogP contribution in [0.2, 0.25) is 0 Å². The van der Waals surface area contributed by atoms with E-state index in [1.54, 1.807) is 11.9 Å². The van der Waals surface area contributed by atoms with E-state index in [4.69, 9.17) is 0 Å². The van der Waals surface area contributed by atoms with Gasteiger partial charge in [-0.1, -0.05) is 12.1 Å². The zero-order valence-corrected chi connectivity index (χ0v) is 15.7. The largest absolute Gasteiger partial charge is 0.419 e. The van der Waals surface area contributed by atoms with Crippen molar-refractivity contribution in [2.75, 3.05) is 40.3 Å². The summed E-state index contributed by atoms with van der Waals surface area (Å²) in [7, 11) is 3.79. The fraction of sp³-hybridized carbons (Fsp3) is 0.632. The number of likely N-dealkylation sites (N-methyl/N-ethyl adjacent to an activating group) is 1. The Hall–Kier alpha value is -1.67. The summed E-state index contributed by atoms with van der Waals surface area (Å²) in [5.41, 5.74) is -1.46. The molecule has 4 nitrogen and oxygen atoms in total. The van der Waals surface area contributed by atoms with Gasteiger partial charge >= 0.3 is 6.18 Å². The summed E-state index contributed by atoms with van der Waals surface area (Å²) < 4.78 is 53.8. The highest BCUT2D eigenvalue weighted by molar-refractivity contribution is 5.76. The molecule has 1 aromatic carbocycles. The van der Waals surface area contributed by atoms with E-state index < -0.39 is 17.6 Å². The molecule has 8 heteroatoms. The van der Waals surface area contributed by atoms with Gasteiger partial charge in [0.2, 0.25) is 5.91 Å². The Kier molecular flexibility index (Phi) is 5.49. The maximum atomic E-state index is 13.9. The molecule has 2 fully saturated rings. The summed E-state index contributed by atoms with van der Waals surface area (Å²) in [5.74, 6) is -1.13. The second kappa shape index (κ2) is 7.39. The lowest BCUT2D eigenvalue weighted by molar-refractivity contribution is -0.141. The fourth-order valence-corrected chi connectivity index (χ4v) is 4.23. The molecule has 0 N–H and O–H groups in total. The molecule has 0 saturated carbocycles. The third-order valence-corrected chi connectivity index (χ3v) is 6.00. The third-order valence-electron chi connectivity index (χ3n) is 6.00. The molecule has 0 aliphatic carbocycles. The lowest BCUT2D eigenvalue weighted by Gasteiger charge is -2.49. The number of rotatable bonds is 2. The van der Waals surface area contributed by atoms with Crippen LogP contribution in [0.5, 0.6) is 0 Å². The first kappa shape index (κ1) is 20.1. The Morgan fingerprint density at radius 3 is 2.56 bits per heavy atom. The predicted octanol–water partition coefficient (Wildman–Crippen LogP) is 2.97. The van der Waals surface area contributed by atoms with Crippen molar-refractivity contribution in [3.8, 4) is 0 Å². The van der Waals surface area contributed by atoms with Crippen molar-refractivity contribution in [1.82, 2.24) is 14.7 Å². The standard InChI is InChI=1S/C19H25F4N3O/c1-24-9-8-18(7-6-16(24)27)13-26(11-10-25(18)2)12-14-4-3-5-15(20)17(14)19(21,22)23/h3-5H,6-13H2,1-2H3/t18-/m1/s1. The molecule has 2 heterocycles. The minimum absolute atomic E-state index is 0.0379. The molecule has 0 unspecified atom stereocenters. The quantitative estimate of drug-likeness (QED) is 0.730. The van der Waals surface area contributed by atoms with Gasteiger partial charge in [-0.3, -0.25) is 14.6 Å². The van der Waals surface area contributed by atoms with Gasteiger partial charge in [0, 0.05) is 51.7 Å². The molecule has 1 aromatic rings. The van der Waals surface area contributed by atoms with Crippen LogP contribution >= 0.6 is 0 Å². The van der Waals surface area contributed by atoms with Gasteiger partial charge in [-0.2, -0.15) is 13.2 Å². The smallest absolute Gasteiger partial charge is 0.346 e. The first-order valence-corrected chi connectivity index (χ1v) is 9.14. The Morgan fingerprint density at radius 1 is 1.11 bits per heavy atom. The highest BCUT2D eigenvalue weighted by Gasteiger charge is 2.43. The van der Waals surface area contributed by atoms with Gasteiger partial charge in [0.25, 0.3) is 0 Å². The number of hydrogen-bond donors (Lipinski definition) is 0. The van der Waals surface area contributed by atoms with E-state index in [9.17, 15) is 22.4 Å². The minimum Gasteiger partial charge on any atom is -0.346 e.